The first kappa shape index (κ1) is 15.5. The molecule has 2 N–H and O–H groups in total. The number of nitrogens with two attached hydrogens (primary N) is 1. The van der Waals surface area contributed by atoms with Gasteiger partial charge in [-0.05, 0) is 30.7 Å². The number of nitrogens with zero attached hydrogens (tertiary/aromatic N) is 1. The normalized spacial score (nSPS) is 12.1. The summed E-state index contributed by atoms with van der Waals surface area (Å²) in [6.45, 7) is 1.81. The topological polar surface area (TPSA) is 86.2 Å². The maximum Gasteiger partial charge on any atom is 0.275 e. The molecule has 21 heavy (non-hydrogen) atoms. The Labute approximate surface area is 129 Å². The lowest BCUT2D eigenvalue weighted by Crippen LogP contribution is -2.03. The Hall–Kier alpha value is -1.92. The minimum atomic E-state index is -1.46. The van der Waals surface area contributed by atoms with E-state index in [0.29, 0.717) is 10.6 Å². The fraction of sp³-hybridized carbons (Fsp3) is 0.143. The quantitative estimate of drug-likeness (QED) is 0.530. The van der Waals surface area contributed by atoms with Crippen LogP contribution in [0.2, 0.25) is 5.02 Å². The molecule has 7 heteroatoms. The first-order valence-corrected chi connectivity index (χ1v) is 7.76. The molecule has 0 aliphatic heterocycles. The van der Waals surface area contributed by atoms with E-state index >= 15 is 0 Å². The number of nitro benzene ring substituents is 1. The van der Waals surface area contributed by atoms with Gasteiger partial charge in [0.1, 0.15) is 0 Å². The summed E-state index contributed by atoms with van der Waals surface area (Å²) >= 11 is 6.01. The van der Waals surface area contributed by atoms with E-state index in [1.165, 1.54) is 12.1 Å². The van der Waals surface area contributed by atoms with Crippen LogP contribution in [0.3, 0.4) is 0 Å². The molecule has 0 heterocycles. The SMILES string of the molecule is Cc1ccc(N)cc1S(=O)Cc1c(Cl)cccc1[N+](=O)[O-]. The third kappa shape index (κ3) is 3.40. The highest BCUT2D eigenvalue weighted by atomic mass is 35.5. The van der Waals surface area contributed by atoms with Gasteiger partial charge in [0.25, 0.3) is 5.69 Å². The van der Waals surface area contributed by atoms with E-state index in [1.807, 2.05) is 6.92 Å². The van der Waals surface area contributed by atoms with Crippen molar-refractivity contribution in [1.82, 2.24) is 0 Å². The summed E-state index contributed by atoms with van der Waals surface area (Å²) < 4.78 is 12.5. The minimum absolute atomic E-state index is 0.0275. The minimum Gasteiger partial charge on any atom is -0.399 e. The van der Waals surface area contributed by atoms with Gasteiger partial charge in [-0.15, -0.1) is 0 Å². The molecule has 0 aromatic heterocycles. The Morgan fingerprint density at radius 1 is 1.33 bits per heavy atom. The van der Waals surface area contributed by atoms with Crippen LogP contribution in [0.25, 0.3) is 0 Å². The van der Waals surface area contributed by atoms with Crippen molar-refractivity contribution >= 4 is 33.8 Å². The van der Waals surface area contributed by atoms with Gasteiger partial charge in [-0.1, -0.05) is 23.7 Å². The van der Waals surface area contributed by atoms with Crippen molar-refractivity contribution < 1.29 is 9.13 Å². The Morgan fingerprint density at radius 2 is 2.05 bits per heavy atom. The van der Waals surface area contributed by atoms with E-state index < -0.39 is 15.7 Å². The third-order valence-electron chi connectivity index (χ3n) is 3.02. The predicted octanol–water partition coefficient (Wildman–Crippen LogP) is 3.45. The summed E-state index contributed by atoms with van der Waals surface area (Å²) in [5, 5.41) is 11.3. The van der Waals surface area contributed by atoms with Crippen molar-refractivity contribution in [2.24, 2.45) is 0 Å². The molecular weight excluding hydrogens is 312 g/mol. The summed E-state index contributed by atoms with van der Waals surface area (Å²) in [6.07, 6.45) is 0. The Kier molecular flexibility index (Phi) is 4.59. The number of halogens is 1. The molecule has 0 amide bonds. The molecule has 0 aliphatic carbocycles. The van der Waals surface area contributed by atoms with Gasteiger partial charge in [0.2, 0.25) is 0 Å². The van der Waals surface area contributed by atoms with E-state index in [9.17, 15) is 14.3 Å². The van der Waals surface area contributed by atoms with Crippen molar-refractivity contribution in [2.45, 2.75) is 17.6 Å². The molecule has 2 aromatic rings. The molecule has 0 radical (unpaired) electrons. The molecule has 0 fully saturated rings. The number of nitro groups is 1. The highest BCUT2D eigenvalue weighted by molar-refractivity contribution is 7.84. The van der Waals surface area contributed by atoms with E-state index in [0.717, 1.165) is 5.56 Å². The standard InChI is InChI=1S/C14H13ClN2O3S/c1-9-5-6-10(16)7-14(9)21(20)8-11-12(15)3-2-4-13(11)17(18)19/h2-7H,8,16H2,1H3. The lowest BCUT2D eigenvalue weighted by atomic mass is 10.2. The molecule has 2 aromatic carbocycles. The highest BCUT2D eigenvalue weighted by Gasteiger charge is 2.20. The molecule has 2 rings (SSSR count). The molecule has 1 unspecified atom stereocenters. The zero-order chi connectivity index (χ0) is 15.6. The number of rotatable bonds is 4. The Morgan fingerprint density at radius 3 is 2.71 bits per heavy atom. The average Bonchev–Trinajstić information content (AvgIpc) is 2.43. The summed E-state index contributed by atoms with van der Waals surface area (Å²) in [7, 11) is -1.46. The second-order valence-electron chi connectivity index (χ2n) is 4.51. The van der Waals surface area contributed by atoms with Crippen LogP contribution in [-0.2, 0) is 16.6 Å². The lowest BCUT2D eigenvalue weighted by molar-refractivity contribution is -0.385. The molecule has 0 saturated heterocycles. The van der Waals surface area contributed by atoms with Crippen LogP contribution < -0.4 is 5.73 Å². The van der Waals surface area contributed by atoms with Crippen LogP contribution >= 0.6 is 11.6 Å². The van der Waals surface area contributed by atoms with Gasteiger partial charge >= 0.3 is 0 Å². The maximum absolute atomic E-state index is 12.5. The van der Waals surface area contributed by atoms with E-state index in [1.54, 1.807) is 24.3 Å². The fourth-order valence-electron chi connectivity index (χ4n) is 1.93. The number of hydrogen-bond acceptors (Lipinski definition) is 4. The summed E-state index contributed by atoms with van der Waals surface area (Å²) in [4.78, 5) is 11.1. The predicted molar refractivity (Wildman–Crippen MR) is 83.8 cm³/mol. The van der Waals surface area contributed by atoms with Gasteiger partial charge in [-0.2, -0.15) is 0 Å². The first-order chi connectivity index (χ1) is 9.90. The number of benzene rings is 2. The van der Waals surface area contributed by atoms with Crippen molar-refractivity contribution in [3.8, 4) is 0 Å². The third-order valence-corrected chi connectivity index (χ3v) is 4.86. The van der Waals surface area contributed by atoms with E-state index in [4.69, 9.17) is 17.3 Å². The largest absolute Gasteiger partial charge is 0.399 e. The number of hydrogen-bond donors (Lipinski definition) is 1. The summed E-state index contributed by atoms with van der Waals surface area (Å²) in [6, 6.07) is 9.50. The van der Waals surface area contributed by atoms with Crippen LogP contribution in [0.5, 0.6) is 0 Å². The van der Waals surface area contributed by atoms with Gasteiger partial charge < -0.3 is 5.73 Å². The molecular formula is C14H13ClN2O3S. The van der Waals surface area contributed by atoms with E-state index in [-0.39, 0.29) is 22.0 Å². The Balaban J connectivity index is 2.41. The molecule has 0 aliphatic rings. The molecule has 0 spiro atoms. The van der Waals surface area contributed by atoms with Crippen molar-refractivity contribution in [2.75, 3.05) is 5.73 Å². The van der Waals surface area contributed by atoms with E-state index in [2.05, 4.69) is 0 Å². The van der Waals surface area contributed by atoms with Gasteiger partial charge in [-0.25, -0.2) is 0 Å². The second kappa shape index (κ2) is 6.24. The van der Waals surface area contributed by atoms with Crippen LogP contribution in [-0.4, -0.2) is 9.13 Å². The van der Waals surface area contributed by atoms with Gasteiger partial charge in [0, 0.05) is 16.6 Å². The van der Waals surface area contributed by atoms with Crippen LogP contribution in [0.4, 0.5) is 11.4 Å². The Bertz CT molecular complexity index is 734. The van der Waals surface area contributed by atoms with Crippen LogP contribution in [0.1, 0.15) is 11.1 Å². The smallest absolute Gasteiger partial charge is 0.275 e. The molecule has 5 nitrogen and oxygen atoms in total. The number of nitrogen functional groups attached to an aromatic ring is 1. The molecule has 0 saturated carbocycles. The van der Waals surface area contributed by atoms with Crippen LogP contribution in [0, 0.1) is 17.0 Å². The van der Waals surface area contributed by atoms with Crippen molar-refractivity contribution in [1.29, 1.82) is 0 Å². The average molecular weight is 325 g/mol. The van der Waals surface area contributed by atoms with Gasteiger partial charge in [0.15, 0.2) is 0 Å². The fourth-order valence-corrected chi connectivity index (χ4v) is 3.66. The molecule has 1 atom stereocenters. The summed E-state index contributed by atoms with van der Waals surface area (Å²) in [5.74, 6) is -0.0275. The molecule has 110 valence electrons. The first-order valence-electron chi connectivity index (χ1n) is 6.06. The van der Waals surface area contributed by atoms with Crippen LogP contribution in [0.15, 0.2) is 41.3 Å². The van der Waals surface area contributed by atoms with Gasteiger partial charge in [-0.3, -0.25) is 14.3 Å². The number of anilines is 1. The highest BCUT2D eigenvalue weighted by Crippen LogP contribution is 2.29. The second-order valence-corrected chi connectivity index (χ2v) is 6.34. The lowest BCUT2D eigenvalue weighted by Gasteiger charge is -2.09. The van der Waals surface area contributed by atoms with Crippen molar-refractivity contribution in [3.63, 3.8) is 0 Å². The monoisotopic (exact) mass is 324 g/mol. The van der Waals surface area contributed by atoms with Gasteiger partial charge in [0.05, 0.1) is 32.1 Å². The maximum atomic E-state index is 12.5. The zero-order valence-corrected chi connectivity index (χ0v) is 12.8. The summed E-state index contributed by atoms with van der Waals surface area (Å²) in [5.41, 5.74) is 7.15. The van der Waals surface area contributed by atoms with Crippen molar-refractivity contribution in [3.05, 3.63) is 62.7 Å². The molecule has 0 bridgehead atoms. The number of aryl methyl sites for hydroxylation is 1. The zero-order valence-electron chi connectivity index (χ0n) is 11.2.